The highest BCUT2D eigenvalue weighted by molar-refractivity contribution is 5.72. The van der Waals surface area contributed by atoms with Crippen LogP contribution >= 0.6 is 0 Å². The van der Waals surface area contributed by atoms with Crippen molar-refractivity contribution in [3.8, 4) is 0 Å². The predicted molar refractivity (Wildman–Crippen MR) is 52.9 cm³/mol. The standard InChI is InChI=1S/C11H13NO2/c1-8-10(12(8)11(13)14-2)9-6-4-3-5-7-9/h3-8,10H,1-2H3/t8-,10+,12?/m0/s1. The van der Waals surface area contributed by atoms with Crippen LogP contribution in [0, 0.1) is 0 Å². The summed E-state index contributed by atoms with van der Waals surface area (Å²) in [5.41, 5.74) is 1.17. The molecule has 1 heterocycles. The maximum absolute atomic E-state index is 11.3. The molecule has 0 aromatic heterocycles. The molecule has 3 nitrogen and oxygen atoms in total. The Morgan fingerprint density at radius 2 is 2.00 bits per heavy atom. The molecule has 1 aliphatic rings. The van der Waals surface area contributed by atoms with E-state index in [1.54, 1.807) is 4.90 Å². The van der Waals surface area contributed by atoms with Crippen LogP contribution in [0.4, 0.5) is 4.79 Å². The number of nitrogens with zero attached hydrogens (tertiary/aromatic N) is 1. The van der Waals surface area contributed by atoms with Crippen LogP contribution in [0.15, 0.2) is 30.3 Å². The molecule has 3 heteroatoms. The second-order valence-electron chi connectivity index (χ2n) is 3.47. The molecule has 2 atom stereocenters. The molecular weight excluding hydrogens is 178 g/mol. The van der Waals surface area contributed by atoms with Gasteiger partial charge in [-0.1, -0.05) is 30.3 Å². The van der Waals surface area contributed by atoms with E-state index >= 15 is 0 Å². The highest BCUT2D eigenvalue weighted by Gasteiger charge is 2.49. The van der Waals surface area contributed by atoms with Crippen molar-refractivity contribution < 1.29 is 9.53 Å². The summed E-state index contributed by atoms with van der Waals surface area (Å²) in [5.74, 6) is 0. The molecule has 14 heavy (non-hydrogen) atoms. The molecule has 1 amide bonds. The summed E-state index contributed by atoms with van der Waals surface area (Å²) in [6, 6.07) is 10.5. The fraction of sp³-hybridized carbons (Fsp3) is 0.364. The zero-order valence-electron chi connectivity index (χ0n) is 8.31. The summed E-state index contributed by atoms with van der Waals surface area (Å²) in [5, 5.41) is 0. The summed E-state index contributed by atoms with van der Waals surface area (Å²) in [6.45, 7) is 2.02. The van der Waals surface area contributed by atoms with Crippen LogP contribution in [0.2, 0.25) is 0 Å². The molecule has 0 spiro atoms. The topological polar surface area (TPSA) is 29.3 Å². The van der Waals surface area contributed by atoms with Crippen molar-refractivity contribution in [3.05, 3.63) is 35.9 Å². The molecule has 0 saturated carbocycles. The van der Waals surface area contributed by atoms with Gasteiger partial charge in [-0.05, 0) is 12.5 Å². The van der Waals surface area contributed by atoms with Crippen molar-refractivity contribution >= 4 is 6.09 Å². The fourth-order valence-electron chi connectivity index (χ4n) is 1.82. The van der Waals surface area contributed by atoms with Crippen molar-refractivity contribution in [1.29, 1.82) is 0 Å². The highest BCUT2D eigenvalue weighted by atomic mass is 16.5. The van der Waals surface area contributed by atoms with E-state index in [9.17, 15) is 4.79 Å². The number of carbonyl (C=O) groups excluding carboxylic acids is 1. The molecular formula is C11H13NO2. The Morgan fingerprint density at radius 3 is 2.57 bits per heavy atom. The largest absolute Gasteiger partial charge is 0.453 e. The van der Waals surface area contributed by atoms with Gasteiger partial charge >= 0.3 is 6.09 Å². The van der Waals surface area contributed by atoms with E-state index in [4.69, 9.17) is 0 Å². The van der Waals surface area contributed by atoms with Crippen molar-refractivity contribution in [3.63, 3.8) is 0 Å². The molecule has 1 aliphatic heterocycles. The van der Waals surface area contributed by atoms with E-state index in [0.717, 1.165) is 0 Å². The predicted octanol–water partition coefficient (Wildman–Crippen LogP) is 2.20. The zero-order valence-corrected chi connectivity index (χ0v) is 8.31. The lowest BCUT2D eigenvalue weighted by atomic mass is 10.1. The first-order valence-electron chi connectivity index (χ1n) is 4.67. The van der Waals surface area contributed by atoms with Gasteiger partial charge in [0.05, 0.1) is 19.2 Å². The fourth-order valence-corrected chi connectivity index (χ4v) is 1.82. The summed E-state index contributed by atoms with van der Waals surface area (Å²) in [6.07, 6.45) is -0.244. The Balaban J connectivity index is 2.13. The monoisotopic (exact) mass is 191 g/mol. The first kappa shape index (κ1) is 9.06. The summed E-state index contributed by atoms with van der Waals surface area (Å²) >= 11 is 0. The van der Waals surface area contributed by atoms with E-state index < -0.39 is 0 Å². The molecule has 1 saturated heterocycles. The maximum Gasteiger partial charge on any atom is 0.410 e. The van der Waals surface area contributed by atoms with Crippen molar-refractivity contribution in [2.24, 2.45) is 0 Å². The van der Waals surface area contributed by atoms with Gasteiger partial charge in [-0.15, -0.1) is 0 Å². The number of methoxy groups -OCH3 is 1. The third-order valence-corrected chi connectivity index (χ3v) is 2.63. The van der Waals surface area contributed by atoms with Crippen molar-refractivity contribution in [2.45, 2.75) is 19.0 Å². The molecule has 1 fully saturated rings. The molecule has 0 unspecified atom stereocenters. The number of hydrogen-bond donors (Lipinski definition) is 0. The van der Waals surface area contributed by atoms with Crippen LogP contribution in [0.5, 0.6) is 0 Å². The average Bonchev–Trinajstić information content (AvgIpc) is 2.90. The van der Waals surface area contributed by atoms with Gasteiger partial charge in [0.25, 0.3) is 0 Å². The number of benzene rings is 1. The molecule has 1 aromatic rings. The van der Waals surface area contributed by atoms with Gasteiger partial charge in [0.15, 0.2) is 0 Å². The second kappa shape index (κ2) is 3.33. The third kappa shape index (κ3) is 1.35. The van der Waals surface area contributed by atoms with Crippen LogP contribution < -0.4 is 0 Å². The molecule has 2 rings (SSSR count). The average molecular weight is 191 g/mol. The Hall–Kier alpha value is -1.51. The van der Waals surface area contributed by atoms with Gasteiger partial charge in [0.2, 0.25) is 0 Å². The maximum atomic E-state index is 11.3. The molecule has 0 N–H and O–H groups in total. The Kier molecular flexibility index (Phi) is 2.15. The lowest BCUT2D eigenvalue weighted by Crippen LogP contribution is -2.12. The number of amides is 1. The Morgan fingerprint density at radius 1 is 1.36 bits per heavy atom. The van der Waals surface area contributed by atoms with Crippen molar-refractivity contribution in [2.75, 3.05) is 7.11 Å². The molecule has 74 valence electrons. The molecule has 0 bridgehead atoms. The Labute approximate surface area is 83.3 Å². The van der Waals surface area contributed by atoms with E-state index in [1.807, 2.05) is 37.3 Å². The number of rotatable bonds is 1. The van der Waals surface area contributed by atoms with E-state index in [0.29, 0.717) is 0 Å². The first-order chi connectivity index (χ1) is 6.75. The normalized spacial score (nSPS) is 24.6. The van der Waals surface area contributed by atoms with Gasteiger partial charge in [-0.2, -0.15) is 0 Å². The molecule has 0 aliphatic carbocycles. The first-order valence-corrected chi connectivity index (χ1v) is 4.67. The van der Waals surface area contributed by atoms with Crippen molar-refractivity contribution in [1.82, 2.24) is 4.90 Å². The SMILES string of the molecule is COC(=O)N1[C@@H](C)[C@@H]1c1ccccc1. The van der Waals surface area contributed by atoms with Gasteiger partial charge < -0.3 is 4.74 Å². The summed E-state index contributed by atoms with van der Waals surface area (Å²) < 4.78 is 4.68. The van der Waals surface area contributed by atoms with E-state index in [1.165, 1.54) is 12.7 Å². The molecule has 1 aromatic carbocycles. The lowest BCUT2D eigenvalue weighted by Gasteiger charge is -2.01. The van der Waals surface area contributed by atoms with Gasteiger partial charge in [0.1, 0.15) is 0 Å². The van der Waals surface area contributed by atoms with E-state index in [2.05, 4.69) is 4.74 Å². The second-order valence-corrected chi connectivity index (χ2v) is 3.47. The number of hydrogen-bond acceptors (Lipinski definition) is 2. The Bertz CT molecular complexity index is 336. The summed E-state index contributed by atoms with van der Waals surface area (Å²) in [7, 11) is 1.41. The van der Waals surface area contributed by atoms with Gasteiger partial charge in [-0.3, -0.25) is 4.90 Å². The van der Waals surface area contributed by atoms with Gasteiger partial charge in [-0.25, -0.2) is 4.79 Å². The van der Waals surface area contributed by atoms with E-state index in [-0.39, 0.29) is 18.2 Å². The number of ether oxygens (including phenoxy) is 1. The van der Waals surface area contributed by atoms with Crippen LogP contribution in [0.1, 0.15) is 18.5 Å². The molecule has 0 radical (unpaired) electrons. The van der Waals surface area contributed by atoms with Crippen LogP contribution in [-0.2, 0) is 4.74 Å². The quantitative estimate of drug-likeness (QED) is 0.637. The third-order valence-electron chi connectivity index (χ3n) is 2.63. The lowest BCUT2D eigenvalue weighted by molar-refractivity contribution is 0.151. The minimum Gasteiger partial charge on any atom is -0.453 e. The number of carbonyl (C=O) groups is 1. The minimum atomic E-state index is -0.244. The minimum absolute atomic E-state index is 0.198. The summed E-state index contributed by atoms with van der Waals surface area (Å²) in [4.78, 5) is 13.0. The van der Waals surface area contributed by atoms with Crippen LogP contribution in [0.3, 0.4) is 0 Å². The zero-order chi connectivity index (χ0) is 10.1. The van der Waals surface area contributed by atoms with Crippen LogP contribution in [0.25, 0.3) is 0 Å². The van der Waals surface area contributed by atoms with Crippen LogP contribution in [-0.4, -0.2) is 24.1 Å². The van der Waals surface area contributed by atoms with Gasteiger partial charge in [0, 0.05) is 0 Å². The smallest absolute Gasteiger partial charge is 0.410 e. The highest BCUT2D eigenvalue weighted by Crippen LogP contribution is 2.42.